The summed E-state index contributed by atoms with van der Waals surface area (Å²) in [4.78, 5) is 33.6. The van der Waals surface area contributed by atoms with E-state index in [1.807, 2.05) is 0 Å². The standard InChI is InChI=1S/C26H41ClO5/c1-2-3-4-5-6-7-8-9-10-11-12-13-14-15-16-20-25(29)31-22-18-23-32-26(30)21-17-19-24(27)28/h6-7,9-10,12-13H,2-5,8,11,14-23H2,1H3/b7-6-,10-9-,13-12-. The summed E-state index contributed by atoms with van der Waals surface area (Å²) in [7, 11) is 0. The molecule has 32 heavy (non-hydrogen) atoms. The summed E-state index contributed by atoms with van der Waals surface area (Å²) in [5.41, 5.74) is 0. The van der Waals surface area contributed by atoms with Crippen LogP contribution < -0.4 is 0 Å². The van der Waals surface area contributed by atoms with Crippen molar-refractivity contribution in [2.75, 3.05) is 13.2 Å². The van der Waals surface area contributed by atoms with Crippen LogP contribution in [0, 0.1) is 0 Å². The van der Waals surface area contributed by atoms with E-state index >= 15 is 0 Å². The minimum atomic E-state index is -0.454. The fourth-order valence-electron chi connectivity index (χ4n) is 2.77. The Morgan fingerprint density at radius 3 is 1.66 bits per heavy atom. The molecule has 0 bridgehead atoms. The Hall–Kier alpha value is -1.88. The Kier molecular flexibility index (Phi) is 22.4. The average Bonchev–Trinajstić information content (AvgIpc) is 2.76. The van der Waals surface area contributed by atoms with Gasteiger partial charge in [-0.25, -0.2) is 0 Å². The highest BCUT2D eigenvalue weighted by Gasteiger charge is 2.06. The summed E-state index contributed by atoms with van der Waals surface area (Å²) in [5.74, 6) is -0.584. The maximum absolute atomic E-state index is 11.7. The summed E-state index contributed by atoms with van der Waals surface area (Å²) < 4.78 is 10.1. The van der Waals surface area contributed by atoms with Crippen LogP contribution in [0.15, 0.2) is 36.5 Å². The summed E-state index contributed by atoms with van der Waals surface area (Å²) in [6, 6.07) is 0. The van der Waals surface area contributed by atoms with Gasteiger partial charge in [-0.15, -0.1) is 0 Å². The van der Waals surface area contributed by atoms with Crippen molar-refractivity contribution in [1.82, 2.24) is 0 Å². The molecule has 0 radical (unpaired) electrons. The lowest BCUT2D eigenvalue weighted by atomic mass is 10.1. The number of rotatable bonds is 21. The molecule has 0 saturated carbocycles. The summed E-state index contributed by atoms with van der Waals surface area (Å²) in [5, 5.41) is -0.454. The third-order valence-corrected chi connectivity index (χ3v) is 4.78. The van der Waals surface area contributed by atoms with Crippen molar-refractivity contribution < 1.29 is 23.9 Å². The van der Waals surface area contributed by atoms with Gasteiger partial charge in [-0.3, -0.25) is 14.4 Å². The molecule has 0 heterocycles. The molecule has 182 valence electrons. The zero-order valence-corrected chi connectivity index (χ0v) is 20.5. The minimum Gasteiger partial charge on any atom is -0.466 e. The number of carbonyl (C=O) groups excluding carboxylic acids is 3. The number of hydrogen-bond acceptors (Lipinski definition) is 5. The second-order valence-corrected chi connectivity index (χ2v) is 8.05. The van der Waals surface area contributed by atoms with E-state index in [0.717, 1.165) is 32.1 Å². The van der Waals surface area contributed by atoms with Crippen molar-refractivity contribution in [2.24, 2.45) is 0 Å². The third kappa shape index (κ3) is 24.4. The second-order valence-electron chi connectivity index (χ2n) is 7.63. The van der Waals surface area contributed by atoms with Crippen LogP contribution in [0.2, 0.25) is 0 Å². The molecule has 0 N–H and O–H groups in total. The highest BCUT2D eigenvalue weighted by Crippen LogP contribution is 2.05. The molecule has 0 unspecified atom stereocenters. The van der Waals surface area contributed by atoms with E-state index in [0.29, 0.717) is 19.3 Å². The highest BCUT2D eigenvalue weighted by atomic mass is 35.5. The predicted molar refractivity (Wildman–Crippen MR) is 131 cm³/mol. The van der Waals surface area contributed by atoms with Crippen molar-refractivity contribution in [3.05, 3.63) is 36.5 Å². The van der Waals surface area contributed by atoms with Crippen LogP contribution in [0.25, 0.3) is 0 Å². The molecule has 0 fully saturated rings. The van der Waals surface area contributed by atoms with E-state index in [4.69, 9.17) is 21.1 Å². The van der Waals surface area contributed by atoms with Gasteiger partial charge >= 0.3 is 11.9 Å². The van der Waals surface area contributed by atoms with Gasteiger partial charge in [0, 0.05) is 25.7 Å². The van der Waals surface area contributed by atoms with Crippen molar-refractivity contribution in [2.45, 2.75) is 96.8 Å². The van der Waals surface area contributed by atoms with Crippen LogP contribution in [-0.2, 0) is 23.9 Å². The van der Waals surface area contributed by atoms with Crippen LogP contribution in [-0.4, -0.2) is 30.4 Å². The maximum Gasteiger partial charge on any atom is 0.305 e. The van der Waals surface area contributed by atoms with Crippen molar-refractivity contribution in [3.63, 3.8) is 0 Å². The van der Waals surface area contributed by atoms with Crippen LogP contribution in [0.5, 0.6) is 0 Å². The molecule has 0 aromatic heterocycles. The number of allylic oxidation sites excluding steroid dienone is 6. The minimum absolute atomic E-state index is 0.165. The Morgan fingerprint density at radius 1 is 0.625 bits per heavy atom. The molecule has 5 nitrogen and oxygen atoms in total. The van der Waals surface area contributed by atoms with E-state index in [2.05, 4.69) is 43.4 Å². The van der Waals surface area contributed by atoms with Gasteiger partial charge < -0.3 is 9.47 Å². The van der Waals surface area contributed by atoms with Crippen LogP contribution >= 0.6 is 11.6 Å². The first-order chi connectivity index (χ1) is 15.6. The van der Waals surface area contributed by atoms with Crippen molar-refractivity contribution in [1.29, 1.82) is 0 Å². The molecule has 0 aliphatic heterocycles. The smallest absolute Gasteiger partial charge is 0.305 e. The quantitative estimate of drug-likeness (QED) is 0.0785. The lowest BCUT2D eigenvalue weighted by Crippen LogP contribution is -2.10. The maximum atomic E-state index is 11.7. The zero-order chi connectivity index (χ0) is 23.7. The SMILES string of the molecule is CCCCC/C=C\C/C=C\C/C=C\CCCCC(=O)OCCCOC(=O)CCCC(=O)Cl. The van der Waals surface area contributed by atoms with Crippen LogP contribution in [0.1, 0.15) is 96.8 Å². The lowest BCUT2D eigenvalue weighted by molar-refractivity contribution is -0.146. The summed E-state index contributed by atoms with van der Waals surface area (Å²) in [6.07, 6.45) is 24.5. The van der Waals surface area contributed by atoms with Crippen LogP contribution in [0.4, 0.5) is 0 Å². The zero-order valence-electron chi connectivity index (χ0n) is 19.7. The van der Waals surface area contributed by atoms with E-state index in [1.165, 1.54) is 25.7 Å². The molecule has 0 rings (SSSR count). The van der Waals surface area contributed by atoms with Crippen molar-refractivity contribution >= 4 is 28.8 Å². The van der Waals surface area contributed by atoms with Gasteiger partial charge in [-0.05, 0) is 63.0 Å². The number of hydrogen-bond donors (Lipinski definition) is 0. The monoisotopic (exact) mass is 468 g/mol. The van der Waals surface area contributed by atoms with Gasteiger partial charge in [0.05, 0.1) is 13.2 Å². The van der Waals surface area contributed by atoms with E-state index in [-0.39, 0.29) is 38.0 Å². The van der Waals surface area contributed by atoms with Gasteiger partial charge in [-0.1, -0.05) is 56.2 Å². The molecule has 0 aliphatic rings. The third-order valence-electron chi connectivity index (χ3n) is 4.59. The first kappa shape index (κ1) is 30.1. The number of halogens is 1. The first-order valence-electron chi connectivity index (χ1n) is 12.0. The van der Waals surface area contributed by atoms with Gasteiger partial charge in [0.1, 0.15) is 0 Å². The van der Waals surface area contributed by atoms with E-state index < -0.39 is 5.24 Å². The van der Waals surface area contributed by atoms with E-state index in [9.17, 15) is 14.4 Å². The van der Waals surface area contributed by atoms with Gasteiger partial charge in [0.25, 0.3) is 0 Å². The average molecular weight is 469 g/mol. The Labute approximate surface area is 199 Å². The fraction of sp³-hybridized carbons (Fsp3) is 0.654. The summed E-state index contributed by atoms with van der Waals surface area (Å²) >= 11 is 5.20. The van der Waals surface area contributed by atoms with Crippen LogP contribution in [0.3, 0.4) is 0 Å². The molecule has 0 saturated heterocycles. The molecular weight excluding hydrogens is 428 g/mol. The van der Waals surface area contributed by atoms with Crippen molar-refractivity contribution in [3.8, 4) is 0 Å². The molecule has 0 amide bonds. The molecule has 0 aliphatic carbocycles. The normalized spacial score (nSPS) is 11.6. The number of esters is 2. The van der Waals surface area contributed by atoms with Gasteiger partial charge in [0.15, 0.2) is 0 Å². The number of unbranched alkanes of at least 4 members (excludes halogenated alkanes) is 5. The Balaban J connectivity index is 3.46. The molecular formula is C26H41ClO5. The predicted octanol–water partition coefficient (Wildman–Crippen LogP) is 6.99. The lowest BCUT2D eigenvalue weighted by Gasteiger charge is -2.06. The fourth-order valence-corrected chi connectivity index (χ4v) is 2.90. The molecule has 6 heteroatoms. The largest absolute Gasteiger partial charge is 0.466 e. The van der Waals surface area contributed by atoms with Gasteiger partial charge in [0.2, 0.25) is 5.24 Å². The Bertz CT molecular complexity index is 581. The number of ether oxygens (including phenoxy) is 2. The molecule has 0 aromatic rings. The Morgan fingerprint density at radius 2 is 1.12 bits per heavy atom. The summed E-state index contributed by atoms with van der Waals surface area (Å²) in [6.45, 7) is 2.67. The first-order valence-corrected chi connectivity index (χ1v) is 12.4. The molecule has 0 aromatic carbocycles. The van der Waals surface area contributed by atoms with Gasteiger partial charge in [-0.2, -0.15) is 0 Å². The molecule has 0 spiro atoms. The topological polar surface area (TPSA) is 69.7 Å². The van der Waals surface area contributed by atoms with E-state index in [1.54, 1.807) is 0 Å². The highest BCUT2D eigenvalue weighted by molar-refractivity contribution is 6.63. The second kappa shape index (κ2) is 23.8. The number of carbonyl (C=O) groups is 3. The molecule has 0 atom stereocenters.